The van der Waals surface area contributed by atoms with Gasteiger partial charge in [-0.25, -0.2) is 4.98 Å². The number of aliphatic carboxylic acids is 1. The van der Waals surface area contributed by atoms with Crippen LogP contribution in [0, 0.1) is 5.92 Å². The zero-order chi connectivity index (χ0) is 15.5. The fourth-order valence-electron chi connectivity index (χ4n) is 2.65. The van der Waals surface area contributed by atoms with Gasteiger partial charge >= 0.3 is 5.97 Å². The van der Waals surface area contributed by atoms with Crippen LogP contribution < -0.4 is 5.32 Å². The number of benzene rings is 1. The molecule has 2 atom stereocenters. The van der Waals surface area contributed by atoms with Crippen LogP contribution in [-0.4, -0.2) is 33.8 Å². The van der Waals surface area contributed by atoms with Crippen molar-refractivity contribution < 1.29 is 14.7 Å². The van der Waals surface area contributed by atoms with Gasteiger partial charge < -0.3 is 10.4 Å². The average Bonchev–Trinajstić information content (AvgIpc) is 3.11. The van der Waals surface area contributed by atoms with E-state index in [-0.39, 0.29) is 17.9 Å². The monoisotopic (exact) mass is 336 g/mol. The van der Waals surface area contributed by atoms with E-state index in [0.29, 0.717) is 18.6 Å². The zero-order valence-corrected chi connectivity index (χ0v) is 13.5. The summed E-state index contributed by atoms with van der Waals surface area (Å²) in [5, 5.41) is 11.9. The lowest BCUT2D eigenvalue weighted by Crippen LogP contribution is -2.34. The van der Waals surface area contributed by atoms with Gasteiger partial charge in [-0.05, 0) is 31.4 Å². The molecule has 0 bridgehead atoms. The second-order valence-electron chi connectivity index (χ2n) is 5.35. The van der Waals surface area contributed by atoms with E-state index in [4.69, 9.17) is 5.11 Å². The van der Waals surface area contributed by atoms with Crippen LogP contribution in [0.4, 0.5) is 0 Å². The summed E-state index contributed by atoms with van der Waals surface area (Å²) >= 11 is 3.00. The first-order valence-electron chi connectivity index (χ1n) is 7.12. The van der Waals surface area contributed by atoms with Crippen LogP contribution in [0.15, 0.2) is 28.6 Å². The summed E-state index contributed by atoms with van der Waals surface area (Å²) in [6.07, 6.45) is 1.92. The van der Waals surface area contributed by atoms with Crippen LogP contribution in [0.1, 0.15) is 19.3 Å². The second-order valence-corrected chi connectivity index (χ2v) is 7.60. The van der Waals surface area contributed by atoms with Crippen LogP contribution in [0.25, 0.3) is 10.2 Å². The van der Waals surface area contributed by atoms with E-state index in [0.717, 1.165) is 21.0 Å². The van der Waals surface area contributed by atoms with E-state index >= 15 is 0 Å². The molecule has 7 heteroatoms. The fourth-order valence-corrected chi connectivity index (χ4v) is 4.53. The number of hydrogen-bond donors (Lipinski definition) is 2. The molecule has 0 saturated heterocycles. The number of nitrogens with one attached hydrogen (secondary N) is 1. The molecule has 0 aliphatic heterocycles. The van der Waals surface area contributed by atoms with Crippen LogP contribution >= 0.6 is 23.1 Å². The van der Waals surface area contributed by atoms with E-state index in [1.54, 1.807) is 11.3 Å². The molecule has 0 radical (unpaired) electrons. The van der Waals surface area contributed by atoms with Crippen molar-refractivity contribution in [1.82, 2.24) is 10.3 Å². The highest BCUT2D eigenvalue weighted by Gasteiger charge is 2.30. The number of rotatable bonds is 5. The van der Waals surface area contributed by atoms with Crippen molar-refractivity contribution >= 4 is 45.2 Å². The smallest absolute Gasteiger partial charge is 0.306 e. The third-order valence-electron chi connectivity index (χ3n) is 3.75. The molecule has 1 heterocycles. The maximum absolute atomic E-state index is 12.0. The number of thiazole rings is 1. The molecule has 1 aliphatic carbocycles. The number of amides is 1. The summed E-state index contributed by atoms with van der Waals surface area (Å²) in [5.74, 6) is -0.822. The third kappa shape index (κ3) is 3.59. The molecule has 22 heavy (non-hydrogen) atoms. The molecule has 1 aromatic heterocycles. The molecule has 0 unspecified atom stereocenters. The first-order valence-corrected chi connectivity index (χ1v) is 8.92. The summed E-state index contributed by atoms with van der Waals surface area (Å²) in [6, 6.07) is 7.88. The van der Waals surface area contributed by atoms with Gasteiger partial charge in [-0.1, -0.05) is 23.9 Å². The number of carboxylic acids is 1. The van der Waals surface area contributed by atoms with Gasteiger partial charge in [0.25, 0.3) is 0 Å². The van der Waals surface area contributed by atoms with Crippen molar-refractivity contribution in [3.8, 4) is 0 Å². The van der Waals surface area contributed by atoms with Crippen molar-refractivity contribution in [2.24, 2.45) is 5.92 Å². The van der Waals surface area contributed by atoms with Gasteiger partial charge in [0.15, 0.2) is 4.34 Å². The van der Waals surface area contributed by atoms with Gasteiger partial charge in [-0.15, -0.1) is 11.3 Å². The molecule has 1 aliphatic rings. The summed E-state index contributed by atoms with van der Waals surface area (Å²) < 4.78 is 2.00. The number of hydrogen-bond acceptors (Lipinski definition) is 5. The predicted molar refractivity (Wildman–Crippen MR) is 87.3 cm³/mol. The normalized spacial score (nSPS) is 21.1. The van der Waals surface area contributed by atoms with Crippen LogP contribution in [0.2, 0.25) is 0 Å². The maximum Gasteiger partial charge on any atom is 0.306 e. The minimum Gasteiger partial charge on any atom is -0.481 e. The topological polar surface area (TPSA) is 79.3 Å². The zero-order valence-electron chi connectivity index (χ0n) is 11.8. The third-order valence-corrected chi connectivity index (χ3v) is 5.93. The predicted octanol–water partition coefficient (Wildman–Crippen LogP) is 2.76. The molecule has 1 saturated carbocycles. The van der Waals surface area contributed by atoms with E-state index in [9.17, 15) is 9.59 Å². The quantitative estimate of drug-likeness (QED) is 0.821. The summed E-state index contributed by atoms with van der Waals surface area (Å²) in [5.41, 5.74) is 0.954. The minimum atomic E-state index is -0.763. The number of fused-ring (bicyclic) bond motifs is 1. The summed E-state index contributed by atoms with van der Waals surface area (Å²) in [7, 11) is 0. The van der Waals surface area contributed by atoms with E-state index in [2.05, 4.69) is 10.3 Å². The van der Waals surface area contributed by atoms with Crippen molar-refractivity contribution in [2.45, 2.75) is 29.6 Å². The van der Waals surface area contributed by atoms with Crippen LogP contribution in [0.3, 0.4) is 0 Å². The Labute approximate surface area is 136 Å². The Balaban J connectivity index is 1.49. The molecule has 1 amide bonds. The number of aromatic nitrogens is 1. The Hall–Kier alpha value is -1.60. The summed E-state index contributed by atoms with van der Waals surface area (Å²) in [4.78, 5) is 27.3. The van der Waals surface area contributed by atoms with Gasteiger partial charge in [0, 0.05) is 6.04 Å². The molecule has 1 fully saturated rings. The Morgan fingerprint density at radius 3 is 2.91 bits per heavy atom. The van der Waals surface area contributed by atoms with Gasteiger partial charge in [-0.3, -0.25) is 9.59 Å². The number of carboxylic acid groups (broad SMARTS) is 1. The first kappa shape index (κ1) is 15.3. The lowest BCUT2D eigenvalue weighted by Gasteiger charge is -2.11. The molecule has 1 aromatic carbocycles. The molecule has 2 aromatic rings. The van der Waals surface area contributed by atoms with Gasteiger partial charge in [0.05, 0.1) is 21.9 Å². The molecular formula is C15H16N2O3S2. The molecule has 0 spiro atoms. The lowest BCUT2D eigenvalue weighted by atomic mass is 10.1. The van der Waals surface area contributed by atoms with E-state index in [1.807, 2.05) is 24.3 Å². The van der Waals surface area contributed by atoms with E-state index < -0.39 is 5.97 Å². The van der Waals surface area contributed by atoms with Crippen LogP contribution in [0.5, 0.6) is 0 Å². The number of thioether (sulfide) groups is 1. The SMILES string of the molecule is O=C(CSc1nc2ccccc2s1)N[C@@H]1CC[C@H](C(=O)O)C1. The number of nitrogens with zero attached hydrogens (tertiary/aromatic N) is 1. The Kier molecular flexibility index (Phi) is 4.63. The number of carbonyl (C=O) groups excluding carboxylic acids is 1. The Morgan fingerprint density at radius 1 is 1.36 bits per heavy atom. The largest absolute Gasteiger partial charge is 0.481 e. The molecular weight excluding hydrogens is 320 g/mol. The van der Waals surface area contributed by atoms with Gasteiger partial charge in [0.2, 0.25) is 5.91 Å². The Bertz CT molecular complexity index is 668. The molecule has 2 N–H and O–H groups in total. The first-order chi connectivity index (χ1) is 10.6. The Morgan fingerprint density at radius 2 is 2.18 bits per heavy atom. The van der Waals surface area contributed by atoms with Crippen molar-refractivity contribution in [3.63, 3.8) is 0 Å². The van der Waals surface area contributed by atoms with Crippen LogP contribution in [-0.2, 0) is 9.59 Å². The number of para-hydroxylation sites is 1. The van der Waals surface area contributed by atoms with Gasteiger partial charge in [0.1, 0.15) is 0 Å². The number of carbonyl (C=O) groups is 2. The minimum absolute atomic E-state index is 0.00966. The highest BCUT2D eigenvalue weighted by atomic mass is 32.2. The maximum atomic E-state index is 12.0. The summed E-state index contributed by atoms with van der Waals surface area (Å²) in [6.45, 7) is 0. The standard InChI is InChI=1S/C15H16N2O3S2/c18-13(16-10-6-5-9(7-10)14(19)20)8-21-15-17-11-3-1-2-4-12(11)22-15/h1-4,9-10H,5-8H2,(H,16,18)(H,19,20)/t9-,10+/m0/s1. The fraction of sp³-hybridized carbons (Fsp3) is 0.400. The van der Waals surface area contributed by atoms with Crippen molar-refractivity contribution in [2.75, 3.05) is 5.75 Å². The van der Waals surface area contributed by atoms with E-state index in [1.165, 1.54) is 11.8 Å². The molecule has 3 rings (SSSR count). The van der Waals surface area contributed by atoms with Crippen molar-refractivity contribution in [3.05, 3.63) is 24.3 Å². The van der Waals surface area contributed by atoms with Crippen molar-refractivity contribution in [1.29, 1.82) is 0 Å². The second kappa shape index (κ2) is 6.66. The lowest BCUT2D eigenvalue weighted by molar-refractivity contribution is -0.141. The highest BCUT2D eigenvalue weighted by molar-refractivity contribution is 8.01. The van der Waals surface area contributed by atoms with Gasteiger partial charge in [-0.2, -0.15) is 0 Å². The highest BCUT2D eigenvalue weighted by Crippen LogP contribution is 2.29. The molecule has 5 nitrogen and oxygen atoms in total. The average molecular weight is 336 g/mol. The molecule has 116 valence electrons.